The number of nitrogens with zero attached hydrogens (tertiary/aromatic N) is 1. The van der Waals surface area contributed by atoms with E-state index in [2.05, 4.69) is 10.5 Å². The van der Waals surface area contributed by atoms with Gasteiger partial charge in [-0.25, -0.2) is 10.2 Å². The first-order valence-electron chi connectivity index (χ1n) is 9.13. The van der Waals surface area contributed by atoms with Crippen molar-refractivity contribution >= 4 is 22.6 Å². The van der Waals surface area contributed by atoms with Gasteiger partial charge in [-0.05, 0) is 50.3 Å². The zero-order valence-corrected chi connectivity index (χ0v) is 15.0. The molecule has 138 valence electrons. The maximum absolute atomic E-state index is 12.0. The highest BCUT2D eigenvalue weighted by atomic mass is 16.5. The molecular weight excluding hydrogens is 332 g/mol. The van der Waals surface area contributed by atoms with Gasteiger partial charge in [0.15, 0.2) is 6.61 Å². The number of carbonyl (C=O) groups is 1. The number of hydrogen-bond acceptors (Lipinski definition) is 5. The Morgan fingerprint density at radius 3 is 2.65 bits per heavy atom. The Morgan fingerprint density at radius 2 is 1.88 bits per heavy atom. The third-order valence-corrected chi connectivity index (χ3v) is 4.56. The Labute approximate surface area is 152 Å². The van der Waals surface area contributed by atoms with Gasteiger partial charge in [0.1, 0.15) is 11.3 Å². The summed E-state index contributed by atoms with van der Waals surface area (Å²) in [5, 5.41) is 5.09. The molecule has 3 rings (SSSR count). The van der Waals surface area contributed by atoms with E-state index in [1.54, 1.807) is 12.1 Å². The average molecular weight is 356 g/mol. The van der Waals surface area contributed by atoms with E-state index in [0.29, 0.717) is 11.3 Å². The lowest BCUT2D eigenvalue weighted by Crippen LogP contribution is -2.26. The third kappa shape index (κ3) is 4.94. The lowest BCUT2D eigenvalue weighted by molar-refractivity contribution is -0.123. The van der Waals surface area contributed by atoms with Crippen molar-refractivity contribution in [2.75, 3.05) is 6.61 Å². The van der Waals surface area contributed by atoms with Crippen LogP contribution in [-0.2, 0) is 4.79 Å². The van der Waals surface area contributed by atoms with Gasteiger partial charge < -0.3 is 9.15 Å². The molecule has 1 aromatic heterocycles. The average Bonchev–Trinajstić information content (AvgIpc) is 2.58. The summed E-state index contributed by atoms with van der Waals surface area (Å²) in [4.78, 5) is 23.4. The Balaban J connectivity index is 1.57. The SMILES string of the molecule is Cc1cc(=O)oc2cc(OCC(=O)NN=C3CCCCCCC3)ccc12. The number of nitrogens with one attached hydrogen (secondary N) is 1. The van der Waals surface area contributed by atoms with Crippen LogP contribution in [0.5, 0.6) is 5.75 Å². The van der Waals surface area contributed by atoms with Crippen LogP contribution in [0.3, 0.4) is 0 Å². The fourth-order valence-corrected chi connectivity index (χ4v) is 3.14. The second-order valence-electron chi connectivity index (χ2n) is 6.68. The Hall–Kier alpha value is -2.63. The van der Waals surface area contributed by atoms with Crippen molar-refractivity contribution in [2.45, 2.75) is 51.9 Å². The predicted octanol–water partition coefficient (Wildman–Crippen LogP) is 3.70. The highest BCUT2D eigenvalue weighted by Crippen LogP contribution is 2.22. The van der Waals surface area contributed by atoms with E-state index in [-0.39, 0.29) is 12.5 Å². The molecule has 0 radical (unpaired) electrons. The number of fused-ring (bicyclic) bond motifs is 1. The van der Waals surface area contributed by atoms with Gasteiger partial charge >= 0.3 is 5.63 Å². The van der Waals surface area contributed by atoms with Crippen LogP contribution in [0.4, 0.5) is 0 Å². The van der Waals surface area contributed by atoms with Crippen LogP contribution in [0.2, 0.25) is 0 Å². The Morgan fingerprint density at radius 1 is 1.15 bits per heavy atom. The van der Waals surface area contributed by atoms with E-state index < -0.39 is 5.63 Å². The molecule has 1 amide bonds. The fraction of sp³-hybridized carbons (Fsp3) is 0.450. The molecule has 1 fully saturated rings. The molecular formula is C20H24N2O4. The molecule has 0 unspecified atom stereocenters. The molecule has 1 heterocycles. The monoisotopic (exact) mass is 356 g/mol. The number of ether oxygens (including phenoxy) is 1. The quantitative estimate of drug-likeness (QED) is 0.669. The van der Waals surface area contributed by atoms with E-state index in [0.717, 1.165) is 42.3 Å². The summed E-state index contributed by atoms with van der Waals surface area (Å²) in [6.07, 6.45) is 7.91. The zero-order chi connectivity index (χ0) is 18.4. The lowest BCUT2D eigenvalue weighted by atomic mass is 9.99. The van der Waals surface area contributed by atoms with Crippen LogP contribution >= 0.6 is 0 Å². The van der Waals surface area contributed by atoms with Crippen molar-refractivity contribution in [1.82, 2.24) is 5.43 Å². The number of benzene rings is 1. The fourth-order valence-electron chi connectivity index (χ4n) is 3.14. The lowest BCUT2D eigenvalue weighted by Gasteiger charge is -2.11. The van der Waals surface area contributed by atoms with Gasteiger partial charge in [-0.2, -0.15) is 5.10 Å². The molecule has 6 nitrogen and oxygen atoms in total. The molecule has 26 heavy (non-hydrogen) atoms. The van der Waals surface area contributed by atoms with Crippen LogP contribution in [0, 0.1) is 6.92 Å². The molecule has 1 aromatic carbocycles. The van der Waals surface area contributed by atoms with Crippen molar-refractivity contribution in [3.05, 3.63) is 40.2 Å². The van der Waals surface area contributed by atoms with E-state index in [4.69, 9.17) is 9.15 Å². The minimum Gasteiger partial charge on any atom is -0.484 e. The summed E-state index contributed by atoms with van der Waals surface area (Å²) in [7, 11) is 0. The molecule has 1 N–H and O–H groups in total. The Bertz CT molecular complexity index is 860. The minimum atomic E-state index is -0.403. The first-order chi connectivity index (χ1) is 12.6. The van der Waals surface area contributed by atoms with E-state index >= 15 is 0 Å². The molecule has 1 aliphatic rings. The topological polar surface area (TPSA) is 80.9 Å². The standard InChI is InChI=1S/C20H24N2O4/c1-14-11-20(24)26-18-12-16(9-10-17(14)18)25-13-19(23)22-21-15-7-5-3-2-4-6-8-15/h9-12H,2-8,13H2,1H3,(H,22,23). The normalized spacial score (nSPS) is 15.2. The minimum absolute atomic E-state index is 0.141. The highest BCUT2D eigenvalue weighted by molar-refractivity contribution is 5.86. The second-order valence-corrected chi connectivity index (χ2v) is 6.68. The zero-order valence-electron chi connectivity index (χ0n) is 15.0. The summed E-state index contributed by atoms with van der Waals surface area (Å²) >= 11 is 0. The van der Waals surface area contributed by atoms with E-state index in [9.17, 15) is 9.59 Å². The third-order valence-electron chi connectivity index (χ3n) is 4.56. The largest absolute Gasteiger partial charge is 0.484 e. The van der Waals surface area contributed by atoms with Gasteiger partial charge in [0.2, 0.25) is 0 Å². The molecule has 0 saturated heterocycles. The van der Waals surface area contributed by atoms with Crippen LogP contribution in [0.25, 0.3) is 11.0 Å². The van der Waals surface area contributed by atoms with E-state index in [1.807, 2.05) is 13.0 Å². The van der Waals surface area contributed by atoms with Crippen LogP contribution in [-0.4, -0.2) is 18.2 Å². The molecule has 2 aromatic rings. The molecule has 0 spiro atoms. The first-order valence-corrected chi connectivity index (χ1v) is 9.13. The molecule has 1 aliphatic carbocycles. The molecule has 0 aliphatic heterocycles. The summed E-state index contributed by atoms with van der Waals surface area (Å²) < 4.78 is 10.7. The molecule has 0 atom stereocenters. The maximum atomic E-state index is 12.0. The number of aryl methyl sites for hydroxylation is 1. The van der Waals surface area contributed by atoms with Crippen molar-refractivity contribution in [1.29, 1.82) is 0 Å². The number of hydrogen-bond donors (Lipinski definition) is 1. The van der Waals surface area contributed by atoms with Gasteiger partial charge in [0.25, 0.3) is 5.91 Å². The van der Waals surface area contributed by atoms with E-state index in [1.165, 1.54) is 25.3 Å². The predicted molar refractivity (Wildman–Crippen MR) is 101 cm³/mol. The van der Waals surface area contributed by atoms with Crippen molar-refractivity contribution < 1.29 is 13.9 Å². The van der Waals surface area contributed by atoms with Crippen LogP contribution in [0.15, 0.2) is 38.6 Å². The highest BCUT2D eigenvalue weighted by Gasteiger charge is 2.08. The smallest absolute Gasteiger partial charge is 0.336 e. The van der Waals surface area contributed by atoms with Crippen LogP contribution < -0.4 is 15.8 Å². The summed E-state index contributed by atoms with van der Waals surface area (Å²) in [6.45, 7) is 1.71. The van der Waals surface area contributed by atoms with Gasteiger partial charge in [0, 0.05) is 23.2 Å². The summed E-state index contributed by atoms with van der Waals surface area (Å²) in [5.41, 5.74) is 4.52. The van der Waals surface area contributed by atoms with Gasteiger partial charge in [-0.1, -0.05) is 19.3 Å². The van der Waals surface area contributed by atoms with Crippen molar-refractivity contribution in [2.24, 2.45) is 5.10 Å². The maximum Gasteiger partial charge on any atom is 0.336 e. The van der Waals surface area contributed by atoms with Crippen LogP contribution in [0.1, 0.15) is 50.5 Å². The number of hydrazone groups is 1. The van der Waals surface area contributed by atoms with Gasteiger partial charge in [0.05, 0.1) is 0 Å². The molecule has 6 heteroatoms. The van der Waals surface area contributed by atoms with Crippen molar-refractivity contribution in [3.8, 4) is 5.75 Å². The summed E-state index contributed by atoms with van der Waals surface area (Å²) in [5.74, 6) is 0.172. The second kappa shape index (κ2) is 8.65. The Kier molecular flexibility index (Phi) is 6.04. The molecule has 1 saturated carbocycles. The summed E-state index contributed by atoms with van der Waals surface area (Å²) in [6, 6.07) is 6.64. The first kappa shape index (κ1) is 18.2. The van der Waals surface area contributed by atoms with Crippen molar-refractivity contribution in [3.63, 3.8) is 0 Å². The van der Waals surface area contributed by atoms with Gasteiger partial charge in [-0.3, -0.25) is 4.79 Å². The number of amides is 1. The molecule has 0 bridgehead atoms. The number of rotatable bonds is 4. The number of carbonyl (C=O) groups excluding carboxylic acids is 1. The van der Waals surface area contributed by atoms with Gasteiger partial charge in [-0.15, -0.1) is 0 Å².